The number of thioether (sulfide) groups is 2. The standard InChI is InChI=1S/C22H23N3O2S2/c1-16(21(27)23-13-12-17-8-4-2-5-9-17)29-22-24-18(14-20(26)25-22)15-28-19-10-6-3-7-11-19/h2-11,14,16H,12-13,15H2,1H3,(H,23,27)(H,24,25,26). The Morgan fingerprint density at radius 2 is 1.79 bits per heavy atom. The van der Waals surface area contributed by atoms with E-state index in [0.29, 0.717) is 23.1 Å². The molecule has 0 radical (unpaired) electrons. The maximum Gasteiger partial charge on any atom is 0.251 e. The van der Waals surface area contributed by atoms with Crippen LogP contribution in [0.4, 0.5) is 0 Å². The number of nitrogens with zero attached hydrogens (tertiary/aromatic N) is 1. The first kappa shape index (κ1) is 21.2. The van der Waals surface area contributed by atoms with Gasteiger partial charge in [0.2, 0.25) is 5.91 Å². The topological polar surface area (TPSA) is 74.8 Å². The van der Waals surface area contributed by atoms with Crippen LogP contribution in [0.1, 0.15) is 18.2 Å². The lowest BCUT2D eigenvalue weighted by Crippen LogP contribution is -2.32. The van der Waals surface area contributed by atoms with E-state index < -0.39 is 0 Å². The van der Waals surface area contributed by atoms with Crippen molar-refractivity contribution in [2.45, 2.75) is 34.4 Å². The van der Waals surface area contributed by atoms with Crippen molar-refractivity contribution in [1.82, 2.24) is 15.3 Å². The van der Waals surface area contributed by atoms with Gasteiger partial charge in [0.1, 0.15) is 0 Å². The number of rotatable bonds is 9. The zero-order valence-electron chi connectivity index (χ0n) is 16.1. The van der Waals surface area contributed by atoms with Crippen LogP contribution < -0.4 is 10.9 Å². The fourth-order valence-electron chi connectivity index (χ4n) is 2.63. The van der Waals surface area contributed by atoms with Gasteiger partial charge in [-0.15, -0.1) is 11.8 Å². The molecule has 3 rings (SSSR count). The molecule has 5 nitrogen and oxygen atoms in total. The smallest absolute Gasteiger partial charge is 0.251 e. The number of nitrogens with one attached hydrogen (secondary N) is 2. The van der Waals surface area contributed by atoms with E-state index in [-0.39, 0.29) is 16.7 Å². The number of carbonyl (C=O) groups is 1. The second-order valence-corrected chi connectivity index (χ2v) is 8.81. The molecule has 29 heavy (non-hydrogen) atoms. The summed E-state index contributed by atoms with van der Waals surface area (Å²) in [6.07, 6.45) is 0.783. The zero-order chi connectivity index (χ0) is 20.5. The molecule has 0 aliphatic rings. The summed E-state index contributed by atoms with van der Waals surface area (Å²) in [6.45, 7) is 2.39. The molecule has 1 amide bonds. The third kappa shape index (κ3) is 7.11. The molecule has 0 saturated heterocycles. The fourth-order valence-corrected chi connectivity index (χ4v) is 4.29. The third-order valence-electron chi connectivity index (χ3n) is 4.12. The van der Waals surface area contributed by atoms with Gasteiger partial charge in [0.25, 0.3) is 5.56 Å². The summed E-state index contributed by atoms with van der Waals surface area (Å²) < 4.78 is 0. The number of benzene rings is 2. The molecule has 2 aromatic carbocycles. The molecule has 0 aliphatic carbocycles. The largest absolute Gasteiger partial charge is 0.355 e. The molecule has 1 heterocycles. The SMILES string of the molecule is CC(Sc1nc(CSc2ccccc2)cc(=O)[nH]1)C(=O)NCCc1ccccc1. The van der Waals surface area contributed by atoms with Gasteiger partial charge in [-0.25, -0.2) is 4.98 Å². The van der Waals surface area contributed by atoms with Gasteiger partial charge in [0.05, 0.1) is 10.9 Å². The van der Waals surface area contributed by atoms with Crippen LogP contribution in [0.5, 0.6) is 0 Å². The Balaban J connectivity index is 1.52. The van der Waals surface area contributed by atoms with Crippen LogP contribution in [0.3, 0.4) is 0 Å². The van der Waals surface area contributed by atoms with Gasteiger partial charge < -0.3 is 10.3 Å². The molecule has 1 unspecified atom stereocenters. The molecule has 0 bridgehead atoms. The first-order valence-corrected chi connectivity index (χ1v) is 11.2. The number of aromatic amines is 1. The van der Waals surface area contributed by atoms with Gasteiger partial charge in [-0.3, -0.25) is 9.59 Å². The molecule has 0 fully saturated rings. The second kappa shape index (κ2) is 10.9. The van der Waals surface area contributed by atoms with Crippen LogP contribution in [0, 0.1) is 0 Å². The summed E-state index contributed by atoms with van der Waals surface area (Å²) in [5.74, 6) is 0.525. The van der Waals surface area contributed by atoms with Crippen molar-refractivity contribution >= 4 is 29.4 Å². The van der Waals surface area contributed by atoms with Gasteiger partial charge >= 0.3 is 0 Å². The van der Waals surface area contributed by atoms with E-state index in [0.717, 1.165) is 11.3 Å². The molecule has 3 aromatic rings. The van der Waals surface area contributed by atoms with Crippen LogP contribution in [0.15, 0.2) is 81.6 Å². The lowest BCUT2D eigenvalue weighted by molar-refractivity contribution is -0.120. The van der Waals surface area contributed by atoms with Crippen LogP contribution in [0.25, 0.3) is 0 Å². The Morgan fingerprint density at radius 1 is 1.10 bits per heavy atom. The Hall–Kier alpha value is -2.51. The molecule has 0 spiro atoms. The summed E-state index contributed by atoms with van der Waals surface area (Å²) in [4.78, 5) is 32.7. The minimum Gasteiger partial charge on any atom is -0.355 e. The molecule has 7 heteroatoms. The average Bonchev–Trinajstić information content (AvgIpc) is 2.73. The maximum atomic E-state index is 12.4. The predicted molar refractivity (Wildman–Crippen MR) is 119 cm³/mol. The number of H-pyrrole nitrogens is 1. The highest BCUT2D eigenvalue weighted by Gasteiger charge is 2.16. The Morgan fingerprint density at radius 3 is 2.52 bits per heavy atom. The minimum atomic E-state index is -0.356. The van der Waals surface area contributed by atoms with Crippen molar-refractivity contribution in [3.05, 3.63) is 88.3 Å². The van der Waals surface area contributed by atoms with Crippen molar-refractivity contribution in [3.8, 4) is 0 Å². The summed E-state index contributed by atoms with van der Waals surface area (Å²) in [5.41, 5.74) is 1.67. The highest BCUT2D eigenvalue weighted by atomic mass is 32.2. The average molecular weight is 426 g/mol. The van der Waals surface area contributed by atoms with Crippen molar-refractivity contribution < 1.29 is 4.79 Å². The van der Waals surface area contributed by atoms with Gasteiger partial charge in [-0.2, -0.15) is 0 Å². The van der Waals surface area contributed by atoms with Crippen LogP contribution in [-0.4, -0.2) is 27.7 Å². The van der Waals surface area contributed by atoms with E-state index in [9.17, 15) is 9.59 Å². The van der Waals surface area contributed by atoms with Gasteiger partial charge in [-0.05, 0) is 31.0 Å². The number of amides is 1. The fraction of sp³-hybridized carbons (Fsp3) is 0.227. The van der Waals surface area contributed by atoms with E-state index in [2.05, 4.69) is 15.3 Å². The molecular formula is C22H23N3O2S2. The summed E-state index contributed by atoms with van der Waals surface area (Å²) in [5, 5.41) is 3.05. The summed E-state index contributed by atoms with van der Waals surface area (Å²) >= 11 is 2.88. The highest BCUT2D eigenvalue weighted by molar-refractivity contribution is 8.00. The monoisotopic (exact) mass is 425 g/mol. The van der Waals surface area contributed by atoms with Gasteiger partial charge in [0.15, 0.2) is 5.16 Å². The van der Waals surface area contributed by atoms with Crippen molar-refractivity contribution in [2.75, 3.05) is 6.54 Å². The molecule has 0 aliphatic heterocycles. The van der Waals surface area contributed by atoms with E-state index in [1.54, 1.807) is 11.8 Å². The van der Waals surface area contributed by atoms with Crippen molar-refractivity contribution in [2.24, 2.45) is 0 Å². The third-order valence-corrected chi connectivity index (χ3v) is 6.15. The normalized spacial score (nSPS) is 11.8. The lowest BCUT2D eigenvalue weighted by Gasteiger charge is -2.12. The van der Waals surface area contributed by atoms with Crippen molar-refractivity contribution in [1.29, 1.82) is 0 Å². The number of hydrogen-bond acceptors (Lipinski definition) is 5. The lowest BCUT2D eigenvalue weighted by atomic mass is 10.1. The molecular weight excluding hydrogens is 402 g/mol. The minimum absolute atomic E-state index is 0.0716. The first-order valence-electron chi connectivity index (χ1n) is 9.36. The van der Waals surface area contributed by atoms with Gasteiger partial charge in [-0.1, -0.05) is 60.3 Å². The van der Waals surface area contributed by atoms with E-state index in [1.807, 2.05) is 67.6 Å². The Kier molecular flexibility index (Phi) is 7.95. The van der Waals surface area contributed by atoms with E-state index >= 15 is 0 Å². The highest BCUT2D eigenvalue weighted by Crippen LogP contribution is 2.23. The molecule has 1 aromatic heterocycles. The molecule has 2 N–H and O–H groups in total. The molecule has 0 saturated carbocycles. The molecule has 1 atom stereocenters. The first-order chi connectivity index (χ1) is 14.1. The summed E-state index contributed by atoms with van der Waals surface area (Å²) in [6, 6.07) is 21.5. The zero-order valence-corrected chi connectivity index (χ0v) is 17.8. The van der Waals surface area contributed by atoms with Crippen molar-refractivity contribution in [3.63, 3.8) is 0 Å². The van der Waals surface area contributed by atoms with Crippen LogP contribution in [-0.2, 0) is 17.0 Å². The van der Waals surface area contributed by atoms with Crippen LogP contribution >= 0.6 is 23.5 Å². The number of aromatic nitrogens is 2. The molecule has 150 valence electrons. The number of hydrogen-bond donors (Lipinski definition) is 2. The Labute approximate surface area is 178 Å². The number of carbonyl (C=O) groups excluding carboxylic acids is 1. The predicted octanol–water partition coefficient (Wildman–Crippen LogP) is 3.90. The Bertz CT molecular complexity index is 978. The maximum absolute atomic E-state index is 12.4. The van der Waals surface area contributed by atoms with Gasteiger partial charge in [0, 0.05) is 23.3 Å². The van der Waals surface area contributed by atoms with E-state index in [4.69, 9.17) is 0 Å². The quantitative estimate of drug-likeness (QED) is 0.402. The second-order valence-electron chi connectivity index (χ2n) is 6.43. The van der Waals surface area contributed by atoms with Crippen LogP contribution in [0.2, 0.25) is 0 Å². The van der Waals surface area contributed by atoms with E-state index in [1.165, 1.54) is 23.4 Å². The summed E-state index contributed by atoms with van der Waals surface area (Å²) in [7, 11) is 0.